The number of ether oxygens (including phenoxy) is 1. The summed E-state index contributed by atoms with van der Waals surface area (Å²) < 4.78 is 10.8. The third-order valence-electron chi connectivity index (χ3n) is 5.84. The topological polar surface area (TPSA) is 89.4 Å². The number of carbonyl (C=O) groups excluding carboxylic acids is 2. The van der Waals surface area contributed by atoms with Crippen molar-refractivity contribution in [1.82, 2.24) is 5.16 Å². The molecule has 2 aromatic carbocycles. The zero-order valence-corrected chi connectivity index (χ0v) is 21.0. The molecule has 180 valence electrons. The van der Waals surface area contributed by atoms with E-state index in [0.717, 1.165) is 0 Å². The lowest BCUT2D eigenvalue weighted by Crippen LogP contribution is -2.36. The first-order valence-electron chi connectivity index (χ1n) is 11.0. The fraction of sp³-hybridized carbons (Fsp3) is 0.346. The van der Waals surface area contributed by atoms with Crippen molar-refractivity contribution in [3.63, 3.8) is 0 Å². The number of hydrogen-bond donors (Lipinski definition) is 1. The second-order valence-corrected chi connectivity index (χ2v) is 9.78. The number of rotatable bonds is 9. The smallest absolute Gasteiger partial charge is 0.317 e. The van der Waals surface area contributed by atoms with Gasteiger partial charge in [0.15, 0.2) is 11.5 Å². The van der Waals surface area contributed by atoms with Gasteiger partial charge in [-0.3, -0.25) is 14.4 Å². The minimum absolute atomic E-state index is 0.154. The second kappa shape index (κ2) is 10.6. The Morgan fingerprint density at radius 2 is 1.59 bits per heavy atom. The molecule has 0 amide bonds. The Hall–Kier alpha value is -2.83. The Morgan fingerprint density at radius 1 is 1.03 bits per heavy atom. The molecule has 2 atom stereocenters. The first-order valence-corrected chi connectivity index (χ1v) is 11.7. The summed E-state index contributed by atoms with van der Waals surface area (Å²) in [4.78, 5) is 38.9. The van der Waals surface area contributed by atoms with E-state index in [9.17, 15) is 14.4 Å². The number of ketones is 1. The number of halogens is 2. The highest BCUT2D eigenvalue weighted by molar-refractivity contribution is 6.31. The minimum Gasteiger partial charge on any atom is -0.465 e. The van der Waals surface area contributed by atoms with E-state index in [-0.39, 0.29) is 17.9 Å². The minimum atomic E-state index is -1.04. The van der Waals surface area contributed by atoms with Crippen LogP contribution in [0.2, 0.25) is 10.0 Å². The van der Waals surface area contributed by atoms with Gasteiger partial charge in [0.25, 0.3) is 5.56 Å². The van der Waals surface area contributed by atoms with Gasteiger partial charge in [-0.15, -0.1) is 0 Å². The number of nitrogens with one attached hydrogen (secondary N) is 1. The van der Waals surface area contributed by atoms with Crippen LogP contribution in [0, 0.1) is 11.8 Å². The van der Waals surface area contributed by atoms with Gasteiger partial charge in [-0.25, -0.2) is 0 Å². The number of aromatic amines is 1. The second-order valence-electron chi connectivity index (χ2n) is 8.91. The molecule has 3 aromatic rings. The van der Waals surface area contributed by atoms with Gasteiger partial charge in [0.2, 0.25) is 0 Å². The monoisotopic (exact) mass is 503 g/mol. The third-order valence-corrected chi connectivity index (χ3v) is 6.34. The molecule has 1 aromatic heterocycles. The molecule has 8 heteroatoms. The lowest BCUT2D eigenvalue weighted by Gasteiger charge is -2.30. The fourth-order valence-electron chi connectivity index (χ4n) is 4.37. The molecule has 2 unspecified atom stereocenters. The van der Waals surface area contributed by atoms with Crippen LogP contribution in [0.1, 0.15) is 50.0 Å². The van der Waals surface area contributed by atoms with Crippen molar-refractivity contribution in [2.75, 3.05) is 6.61 Å². The number of H-pyrrole nitrogens is 1. The van der Waals surface area contributed by atoms with Gasteiger partial charge in [-0.05, 0) is 73.2 Å². The summed E-state index contributed by atoms with van der Waals surface area (Å²) >= 11 is 12.0. The lowest BCUT2D eigenvalue weighted by molar-refractivity contribution is -0.147. The Bertz CT molecular complexity index is 1210. The number of benzene rings is 2. The Balaban J connectivity index is 1.95. The van der Waals surface area contributed by atoms with Crippen LogP contribution in [-0.4, -0.2) is 23.5 Å². The highest BCUT2D eigenvalue weighted by atomic mass is 35.5. The Labute approximate surface area is 208 Å². The van der Waals surface area contributed by atoms with Crippen molar-refractivity contribution in [3.05, 3.63) is 80.1 Å². The quantitative estimate of drug-likeness (QED) is 0.210. The van der Waals surface area contributed by atoms with E-state index in [1.54, 1.807) is 55.5 Å². The average Bonchev–Trinajstić information content (AvgIpc) is 3.17. The SMILES string of the molecule is CCOC(=O)C(C(=O)c1ccc(Cl)cc1)C(C)CC(C)(C)c1c(-c2ccc(Cl)cc2)o[nH]c1=O. The van der Waals surface area contributed by atoms with Crippen LogP contribution < -0.4 is 5.56 Å². The first kappa shape index (κ1) is 25.8. The summed E-state index contributed by atoms with van der Waals surface area (Å²) in [5.41, 5.74) is 0.398. The van der Waals surface area contributed by atoms with Gasteiger partial charge in [0, 0.05) is 21.2 Å². The molecule has 0 saturated carbocycles. The third kappa shape index (κ3) is 5.62. The maximum atomic E-state index is 13.3. The molecule has 0 aliphatic heterocycles. The van der Waals surface area contributed by atoms with E-state index in [4.69, 9.17) is 32.5 Å². The van der Waals surface area contributed by atoms with Crippen molar-refractivity contribution in [2.24, 2.45) is 11.8 Å². The molecule has 0 aliphatic rings. The van der Waals surface area contributed by atoms with Crippen LogP contribution in [0.5, 0.6) is 0 Å². The first-order chi connectivity index (χ1) is 16.0. The molecule has 1 heterocycles. The number of hydrogen-bond acceptors (Lipinski definition) is 5. The van der Waals surface area contributed by atoms with Crippen LogP contribution in [-0.2, 0) is 14.9 Å². The Morgan fingerprint density at radius 3 is 2.15 bits per heavy atom. The molecule has 0 bridgehead atoms. The van der Waals surface area contributed by atoms with Gasteiger partial charge >= 0.3 is 5.97 Å². The molecule has 0 aliphatic carbocycles. The van der Waals surface area contributed by atoms with Gasteiger partial charge in [-0.1, -0.05) is 44.0 Å². The van der Waals surface area contributed by atoms with E-state index < -0.39 is 23.2 Å². The summed E-state index contributed by atoms with van der Waals surface area (Å²) in [6.45, 7) is 7.44. The molecule has 1 N–H and O–H groups in total. The normalized spacial score (nSPS) is 13.4. The van der Waals surface area contributed by atoms with Crippen LogP contribution >= 0.6 is 23.2 Å². The summed E-state index contributed by atoms with van der Waals surface area (Å²) in [6, 6.07) is 13.4. The molecule has 0 radical (unpaired) electrons. The molecule has 0 fully saturated rings. The van der Waals surface area contributed by atoms with Gasteiger partial charge in [-0.2, -0.15) is 5.16 Å². The van der Waals surface area contributed by atoms with Crippen LogP contribution in [0.4, 0.5) is 0 Å². The lowest BCUT2D eigenvalue weighted by atomic mass is 9.72. The van der Waals surface area contributed by atoms with E-state index >= 15 is 0 Å². The average molecular weight is 504 g/mol. The maximum Gasteiger partial charge on any atom is 0.317 e. The largest absolute Gasteiger partial charge is 0.465 e. The molecule has 6 nitrogen and oxygen atoms in total. The zero-order valence-electron chi connectivity index (χ0n) is 19.5. The number of esters is 1. The van der Waals surface area contributed by atoms with Gasteiger partial charge in [0.05, 0.1) is 12.2 Å². The highest BCUT2D eigenvalue weighted by Gasteiger charge is 2.40. The van der Waals surface area contributed by atoms with Crippen molar-refractivity contribution in [3.8, 4) is 11.3 Å². The highest BCUT2D eigenvalue weighted by Crippen LogP contribution is 2.38. The number of aromatic nitrogens is 1. The molecule has 34 heavy (non-hydrogen) atoms. The van der Waals surface area contributed by atoms with E-state index in [0.29, 0.717) is 38.9 Å². The summed E-state index contributed by atoms with van der Waals surface area (Å²) in [7, 11) is 0. The molecule has 3 rings (SSSR count). The van der Waals surface area contributed by atoms with E-state index in [1.165, 1.54) is 0 Å². The summed E-state index contributed by atoms with van der Waals surface area (Å²) in [6.07, 6.45) is 0.346. The van der Waals surface area contributed by atoms with Crippen LogP contribution in [0.25, 0.3) is 11.3 Å². The predicted octanol–water partition coefficient (Wildman–Crippen LogP) is 6.31. The van der Waals surface area contributed by atoms with Crippen LogP contribution in [0.15, 0.2) is 57.8 Å². The van der Waals surface area contributed by atoms with E-state index in [1.807, 2.05) is 20.8 Å². The zero-order chi connectivity index (χ0) is 25.0. The van der Waals surface area contributed by atoms with E-state index in [2.05, 4.69) is 5.16 Å². The summed E-state index contributed by atoms with van der Waals surface area (Å²) in [5.74, 6) is -2.02. The van der Waals surface area contributed by atoms with Crippen molar-refractivity contribution in [2.45, 2.75) is 39.5 Å². The molecular formula is C26H27Cl2NO5. The molecular weight excluding hydrogens is 477 g/mol. The number of carbonyl (C=O) groups is 2. The van der Waals surface area contributed by atoms with Crippen molar-refractivity contribution in [1.29, 1.82) is 0 Å². The Kier molecular flexibility index (Phi) is 8.05. The summed E-state index contributed by atoms with van der Waals surface area (Å²) in [5, 5.41) is 3.48. The molecule has 0 saturated heterocycles. The standard InChI is InChI=1S/C26H27Cl2NO5/c1-5-33-25(32)20(22(30)16-6-10-18(27)11-7-16)15(2)14-26(3,4)21-23(34-29-24(21)31)17-8-12-19(28)13-9-17/h6-13,15,20H,5,14H2,1-4H3,(H,29,31). The predicted molar refractivity (Wildman–Crippen MR) is 132 cm³/mol. The van der Waals surface area contributed by atoms with Crippen molar-refractivity contribution < 1.29 is 18.8 Å². The fourth-order valence-corrected chi connectivity index (χ4v) is 4.62. The van der Waals surface area contributed by atoms with Gasteiger partial charge < -0.3 is 9.26 Å². The maximum absolute atomic E-state index is 13.3. The van der Waals surface area contributed by atoms with Crippen LogP contribution in [0.3, 0.4) is 0 Å². The van der Waals surface area contributed by atoms with Gasteiger partial charge in [0.1, 0.15) is 5.92 Å². The number of Topliss-reactive ketones (excluding diaryl/α,β-unsaturated/α-hetero) is 1. The van der Waals surface area contributed by atoms with Crippen molar-refractivity contribution >= 4 is 35.0 Å². The molecule has 0 spiro atoms.